The molecule has 2 aromatic rings. The lowest BCUT2D eigenvalue weighted by Crippen LogP contribution is -2.19. The van der Waals surface area contributed by atoms with Crippen LogP contribution in [-0.4, -0.2) is 42.8 Å². The van der Waals surface area contributed by atoms with Crippen molar-refractivity contribution in [1.82, 2.24) is 9.97 Å². The van der Waals surface area contributed by atoms with Crippen LogP contribution in [0.1, 0.15) is 18.5 Å². The maximum absolute atomic E-state index is 11.8. The molecule has 0 radical (unpaired) electrons. The fourth-order valence-corrected chi connectivity index (χ4v) is 2.07. The first kappa shape index (κ1) is 16.6. The minimum absolute atomic E-state index is 0.259. The average molecular weight is 314 g/mol. The van der Waals surface area contributed by atoms with E-state index < -0.39 is 11.9 Å². The molecule has 1 aromatic carbocycles. The normalized spacial score (nSPS) is 11.7. The third-order valence-electron chi connectivity index (χ3n) is 3.18. The second-order valence-corrected chi connectivity index (χ2v) is 4.66. The van der Waals surface area contributed by atoms with Crippen molar-refractivity contribution < 1.29 is 14.3 Å². The number of para-hydroxylation sites is 2. The Hall–Kier alpha value is -2.72. The first-order valence-electron chi connectivity index (χ1n) is 7.27. The molecule has 1 N–H and O–H groups in total. The number of benzene rings is 1. The fraction of sp³-hybridized carbons (Fsp3) is 0.375. The smallest absolute Gasteiger partial charge is 0.329 e. The van der Waals surface area contributed by atoms with Crippen molar-refractivity contribution in [2.45, 2.75) is 12.8 Å². The number of nitrogens with one attached hydrogen (secondary N) is 1. The Morgan fingerprint density at radius 3 is 2.65 bits per heavy atom. The van der Waals surface area contributed by atoms with Gasteiger partial charge in [0.25, 0.3) is 0 Å². The van der Waals surface area contributed by atoms with Gasteiger partial charge >= 0.3 is 5.97 Å². The van der Waals surface area contributed by atoms with Gasteiger partial charge in [0, 0.05) is 13.2 Å². The molecule has 1 heterocycles. The molecule has 0 fully saturated rings. The molecule has 0 amide bonds. The van der Waals surface area contributed by atoms with Crippen molar-refractivity contribution in [2.75, 3.05) is 32.2 Å². The second kappa shape index (κ2) is 8.06. The van der Waals surface area contributed by atoms with Crippen LogP contribution in [0.4, 0.5) is 5.82 Å². The summed E-state index contributed by atoms with van der Waals surface area (Å²) >= 11 is 0. The molecule has 0 aliphatic carbocycles. The van der Waals surface area contributed by atoms with Crippen LogP contribution in [0, 0.1) is 11.3 Å². The van der Waals surface area contributed by atoms with Gasteiger partial charge in [0.1, 0.15) is 5.69 Å². The third-order valence-corrected chi connectivity index (χ3v) is 3.18. The highest BCUT2D eigenvalue weighted by Gasteiger charge is 2.27. The first-order valence-corrected chi connectivity index (χ1v) is 7.27. The number of methoxy groups -OCH3 is 1. The number of aromatic nitrogens is 2. The van der Waals surface area contributed by atoms with Crippen molar-refractivity contribution in [3.05, 3.63) is 30.0 Å². The Morgan fingerprint density at radius 2 is 2.04 bits per heavy atom. The maximum atomic E-state index is 11.8. The summed E-state index contributed by atoms with van der Waals surface area (Å²) in [6, 6.07) is 9.20. The van der Waals surface area contributed by atoms with Crippen LogP contribution in [0.15, 0.2) is 24.3 Å². The van der Waals surface area contributed by atoms with Crippen molar-refractivity contribution in [3.63, 3.8) is 0 Å². The topological polar surface area (TPSA) is 97.1 Å². The standard InChI is InChI=1S/C16H18N4O3/c1-3-23-9-8-18-15-14(11(10-17)16(21)22-2)19-12-6-4-5-7-13(12)20-15/h4-7,11H,3,8-9H2,1-2H3,(H,18,20)/t11-/m0/s1. The van der Waals surface area contributed by atoms with Gasteiger partial charge in [-0.05, 0) is 19.1 Å². The van der Waals surface area contributed by atoms with Crippen molar-refractivity contribution in [3.8, 4) is 6.07 Å². The lowest BCUT2D eigenvalue weighted by molar-refractivity contribution is -0.141. The Balaban J connectivity index is 2.41. The molecular weight excluding hydrogens is 296 g/mol. The van der Waals surface area contributed by atoms with Gasteiger partial charge in [0.05, 0.1) is 30.8 Å². The van der Waals surface area contributed by atoms with Gasteiger partial charge in [-0.3, -0.25) is 4.79 Å². The number of hydrogen-bond acceptors (Lipinski definition) is 7. The van der Waals surface area contributed by atoms with E-state index in [0.717, 1.165) is 0 Å². The minimum atomic E-state index is -1.13. The maximum Gasteiger partial charge on any atom is 0.329 e. The highest BCUT2D eigenvalue weighted by Crippen LogP contribution is 2.24. The summed E-state index contributed by atoms with van der Waals surface area (Å²) in [5.41, 5.74) is 1.55. The van der Waals surface area contributed by atoms with Gasteiger partial charge in [0.2, 0.25) is 0 Å². The number of rotatable bonds is 7. The van der Waals surface area contributed by atoms with Gasteiger partial charge in [-0.25, -0.2) is 9.97 Å². The lowest BCUT2D eigenvalue weighted by atomic mass is 10.1. The number of esters is 1. The third kappa shape index (κ3) is 3.93. The zero-order valence-corrected chi connectivity index (χ0v) is 13.1. The van der Waals surface area contributed by atoms with Crippen LogP contribution in [0.5, 0.6) is 0 Å². The van der Waals surface area contributed by atoms with E-state index in [0.29, 0.717) is 36.6 Å². The SMILES string of the molecule is CCOCCNc1nc2ccccc2nc1[C@H](C#N)C(=O)OC. The van der Waals surface area contributed by atoms with E-state index in [4.69, 9.17) is 4.74 Å². The molecule has 0 bridgehead atoms. The van der Waals surface area contributed by atoms with Gasteiger partial charge in [-0.2, -0.15) is 5.26 Å². The average Bonchev–Trinajstić information content (AvgIpc) is 2.59. The minimum Gasteiger partial charge on any atom is -0.468 e. The molecule has 7 heteroatoms. The van der Waals surface area contributed by atoms with E-state index in [1.165, 1.54) is 7.11 Å². The van der Waals surface area contributed by atoms with Crippen molar-refractivity contribution in [2.24, 2.45) is 0 Å². The second-order valence-electron chi connectivity index (χ2n) is 4.66. The predicted octanol–water partition coefficient (Wildman–Crippen LogP) is 1.86. The number of carbonyl (C=O) groups is 1. The monoisotopic (exact) mass is 314 g/mol. The molecule has 0 spiro atoms. The number of ether oxygens (including phenoxy) is 2. The number of nitriles is 1. The number of hydrogen-bond donors (Lipinski definition) is 1. The predicted molar refractivity (Wildman–Crippen MR) is 84.9 cm³/mol. The highest BCUT2D eigenvalue weighted by molar-refractivity contribution is 5.84. The fourth-order valence-electron chi connectivity index (χ4n) is 2.07. The summed E-state index contributed by atoms with van der Waals surface area (Å²) < 4.78 is 9.96. The highest BCUT2D eigenvalue weighted by atomic mass is 16.5. The molecule has 0 aliphatic rings. The zero-order valence-electron chi connectivity index (χ0n) is 13.1. The van der Waals surface area contributed by atoms with E-state index in [-0.39, 0.29) is 5.69 Å². The summed E-state index contributed by atoms with van der Waals surface area (Å²) in [5, 5.41) is 12.4. The number of fused-ring (bicyclic) bond motifs is 1. The van der Waals surface area contributed by atoms with Gasteiger partial charge < -0.3 is 14.8 Å². The quantitative estimate of drug-likeness (QED) is 0.615. The van der Waals surface area contributed by atoms with Crippen LogP contribution in [0.3, 0.4) is 0 Å². The largest absolute Gasteiger partial charge is 0.468 e. The number of nitrogens with zero attached hydrogens (tertiary/aromatic N) is 3. The molecule has 0 saturated heterocycles. The molecule has 1 aromatic heterocycles. The number of anilines is 1. The van der Waals surface area contributed by atoms with Crippen molar-refractivity contribution in [1.29, 1.82) is 5.26 Å². The summed E-state index contributed by atoms with van der Waals surface area (Å²) in [6.45, 7) is 3.50. The van der Waals surface area contributed by atoms with E-state index >= 15 is 0 Å². The van der Waals surface area contributed by atoms with Crippen LogP contribution < -0.4 is 5.32 Å². The van der Waals surface area contributed by atoms with E-state index in [2.05, 4.69) is 20.0 Å². The Morgan fingerprint density at radius 1 is 1.35 bits per heavy atom. The van der Waals surface area contributed by atoms with Crippen LogP contribution in [0.2, 0.25) is 0 Å². The summed E-state index contributed by atoms with van der Waals surface area (Å²) in [4.78, 5) is 20.7. The molecule has 0 unspecified atom stereocenters. The van der Waals surface area contributed by atoms with Crippen LogP contribution in [-0.2, 0) is 14.3 Å². The number of carbonyl (C=O) groups excluding carboxylic acids is 1. The van der Waals surface area contributed by atoms with Crippen LogP contribution >= 0.6 is 0 Å². The molecule has 0 saturated carbocycles. The summed E-state index contributed by atoms with van der Waals surface area (Å²) in [5.74, 6) is -1.41. The first-order chi connectivity index (χ1) is 11.2. The summed E-state index contributed by atoms with van der Waals surface area (Å²) in [6.07, 6.45) is 0. The van der Waals surface area contributed by atoms with Crippen molar-refractivity contribution >= 4 is 22.8 Å². The summed E-state index contributed by atoms with van der Waals surface area (Å²) in [7, 11) is 1.24. The van der Waals surface area contributed by atoms with E-state index in [9.17, 15) is 10.1 Å². The van der Waals surface area contributed by atoms with Gasteiger partial charge in [-0.1, -0.05) is 12.1 Å². The van der Waals surface area contributed by atoms with Gasteiger partial charge in [-0.15, -0.1) is 0 Å². The van der Waals surface area contributed by atoms with Crippen LogP contribution in [0.25, 0.3) is 11.0 Å². The van der Waals surface area contributed by atoms with E-state index in [1.54, 1.807) is 6.07 Å². The Labute approximate surface area is 134 Å². The Bertz CT molecular complexity index is 727. The molecule has 7 nitrogen and oxygen atoms in total. The molecule has 1 atom stereocenters. The van der Waals surface area contributed by atoms with Gasteiger partial charge in [0.15, 0.2) is 11.7 Å². The molecule has 23 heavy (non-hydrogen) atoms. The molecule has 120 valence electrons. The molecular formula is C16H18N4O3. The molecule has 2 rings (SSSR count). The molecule has 0 aliphatic heterocycles. The van der Waals surface area contributed by atoms with E-state index in [1.807, 2.05) is 31.2 Å². The lowest BCUT2D eigenvalue weighted by Gasteiger charge is -2.14. The Kier molecular flexibility index (Phi) is 5.83. The zero-order chi connectivity index (χ0) is 16.7.